The number of hydrogen-bond donors (Lipinski definition) is 1. The van der Waals surface area contributed by atoms with Crippen molar-refractivity contribution in [3.05, 3.63) is 0 Å². The van der Waals surface area contributed by atoms with Gasteiger partial charge in [-0.15, -0.1) is 5.10 Å². The molecule has 0 radical (unpaired) electrons. The lowest BCUT2D eigenvalue weighted by molar-refractivity contribution is -0.153. The van der Waals surface area contributed by atoms with Crippen molar-refractivity contribution in [2.24, 2.45) is 17.8 Å². The number of thioether (sulfide) groups is 1. The number of ether oxygens (including phenoxy) is 3. The molecule has 0 bridgehead atoms. The first kappa shape index (κ1) is 26.6. The Morgan fingerprint density at radius 1 is 1.00 bits per heavy atom. The summed E-state index contributed by atoms with van der Waals surface area (Å²) < 4.78 is 15.6. The second-order valence-electron chi connectivity index (χ2n) is 9.73. The maximum absolute atomic E-state index is 12.8. The molecule has 12 nitrogen and oxygen atoms in total. The number of carbonyl (C=O) groups is 3. The number of rotatable bonds is 8. The van der Waals surface area contributed by atoms with Crippen LogP contribution < -0.4 is 0 Å². The van der Waals surface area contributed by atoms with Crippen molar-refractivity contribution in [1.82, 2.24) is 30.4 Å². The smallest absolute Gasteiger partial charge is 0.410 e. The largest absolute Gasteiger partial charge is 0.465 e. The van der Waals surface area contributed by atoms with Crippen molar-refractivity contribution in [2.75, 3.05) is 40.0 Å². The molecule has 3 fully saturated rings. The zero-order chi connectivity index (χ0) is 25.7. The van der Waals surface area contributed by atoms with Gasteiger partial charge >= 0.3 is 18.0 Å². The van der Waals surface area contributed by atoms with Crippen LogP contribution in [-0.4, -0.2) is 106 Å². The fourth-order valence-corrected chi connectivity index (χ4v) is 7.05. The number of nitrogens with one attached hydrogen (secondary N) is 1. The molecule has 1 saturated carbocycles. The van der Waals surface area contributed by atoms with Crippen LogP contribution >= 0.6 is 11.8 Å². The highest BCUT2D eigenvalue weighted by molar-refractivity contribution is 7.99. The van der Waals surface area contributed by atoms with Gasteiger partial charge in [0.15, 0.2) is 0 Å². The van der Waals surface area contributed by atoms with Crippen LogP contribution in [0.5, 0.6) is 0 Å². The van der Waals surface area contributed by atoms with E-state index < -0.39 is 12.1 Å². The summed E-state index contributed by atoms with van der Waals surface area (Å²) in [5, 5.41) is 14.9. The van der Waals surface area contributed by atoms with Crippen LogP contribution in [0.3, 0.4) is 0 Å². The summed E-state index contributed by atoms with van der Waals surface area (Å²) in [4.78, 5) is 41.6. The first-order valence-electron chi connectivity index (χ1n) is 12.8. The van der Waals surface area contributed by atoms with Crippen molar-refractivity contribution < 1.29 is 28.6 Å². The minimum atomic E-state index is -0.618. The first-order chi connectivity index (χ1) is 17.4. The third-order valence-electron chi connectivity index (χ3n) is 7.57. The molecule has 1 aliphatic carbocycles. The molecule has 1 amide bonds. The minimum absolute atomic E-state index is 0.182. The standard InChI is InChI=1S/C23H36N6O6S/c1-4-34-20(30)18-10-17(36-22-24-26-27-25-22)13-28(18)11-14-6-7-15-12-29(23(32)33-3)19(9-16(15)8-14)21(31)35-5-2/h14-19H,4-13H2,1-3H3,(H,24,25,26,27)/t14?,15?,16?,17-,18+,19?/m1/s1. The van der Waals surface area contributed by atoms with E-state index in [4.69, 9.17) is 14.2 Å². The minimum Gasteiger partial charge on any atom is -0.465 e. The van der Waals surface area contributed by atoms with E-state index in [-0.39, 0.29) is 29.8 Å². The van der Waals surface area contributed by atoms with Crippen LogP contribution in [0.2, 0.25) is 0 Å². The Hall–Kier alpha value is -2.41. The molecule has 2 aliphatic heterocycles. The van der Waals surface area contributed by atoms with E-state index in [2.05, 4.69) is 25.5 Å². The molecule has 1 aromatic rings. The molecule has 0 spiro atoms. The van der Waals surface area contributed by atoms with Crippen LogP contribution in [-0.2, 0) is 23.8 Å². The maximum atomic E-state index is 12.8. The predicted octanol–water partition coefficient (Wildman–Crippen LogP) is 1.73. The SMILES string of the molecule is CCOC(=O)C1CC2CC(CN3C[C@H](Sc4nnn[nH]4)C[C@H]3C(=O)OCC)CCC2CN1C(=O)OC. The number of esters is 2. The summed E-state index contributed by atoms with van der Waals surface area (Å²) in [5.41, 5.74) is 0. The Morgan fingerprint density at radius 2 is 1.75 bits per heavy atom. The van der Waals surface area contributed by atoms with Gasteiger partial charge in [0, 0.05) is 24.9 Å². The van der Waals surface area contributed by atoms with Gasteiger partial charge in [-0.1, -0.05) is 11.8 Å². The molecule has 6 atom stereocenters. The quantitative estimate of drug-likeness (QED) is 0.393. The number of piperidine rings is 1. The highest BCUT2D eigenvalue weighted by Crippen LogP contribution is 2.43. The number of aromatic nitrogens is 4. The lowest BCUT2D eigenvalue weighted by Crippen LogP contribution is -2.55. The number of tetrazole rings is 1. The Morgan fingerprint density at radius 3 is 2.42 bits per heavy atom. The highest BCUT2D eigenvalue weighted by atomic mass is 32.2. The molecular weight excluding hydrogens is 488 g/mol. The van der Waals surface area contributed by atoms with E-state index in [9.17, 15) is 14.4 Å². The summed E-state index contributed by atoms with van der Waals surface area (Å²) in [6.45, 7) is 6.27. The number of amides is 1. The third-order valence-corrected chi connectivity index (χ3v) is 8.64. The molecule has 3 heterocycles. The van der Waals surface area contributed by atoms with Crippen LogP contribution in [0, 0.1) is 17.8 Å². The van der Waals surface area contributed by atoms with Gasteiger partial charge in [0.1, 0.15) is 12.1 Å². The number of carbonyl (C=O) groups excluding carboxylic acids is 3. The van der Waals surface area contributed by atoms with Crippen LogP contribution in [0.1, 0.15) is 46.0 Å². The fourth-order valence-electron chi connectivity index (χ4n) is 6.02. The molecule has 13 heteroatoms. The Bertz CT molecular complexity index is 904. The molecule has 1 N–H and O–H groups in total. The summed E-state index contributed by atoms with van der Waals surface area (Å²) in [6, 6.07) is -0.905. The number of H-pyrrole nitrogens is 1. The van der Waals surface area contributed by atoms with Crippen molar-refractivity contribution >= 4 is 29.8 Å². The van der Waals surface area contributed by atoms with E-state index in [1.54, 1.807) is 18.7 Å². The number of hydrogen-bond acceptors (Lipinski definition) is 11. The Labute approximate surface area is 215 Å². The van der Waals surface area contributed by atoms with Crippen LogP contribution in [0.15, 0.2) is 5.16 Å². The topological polar surface area (TPSA) is 140 Å². The van der Waals surface area contributed by atoms with Gasteiger partial charge in [-0.05, 0) is 74.1 Å². The van der Waals surface area contributed by atoms with Crippen molar-refractivity contribution in [2.45, 2.75) is 68.4 Å². The predicted molar refractivity (Wildman–Crippen MR) is 129 cm³/mol. The van der Waals surface area contributed by atoms with Gasteiger partial charge in [0.05, 0.1) is 20.3 Å². The van der Waals surface area contributed by atoms with Gasteiger partial charge in [0.2, 0.25) is 5.16 Å². The molecule has 36 heavy (non-hydrogen) atoms. The number of nitrogens with zero attached hydrogens (tertiary/aromatic N) is 5. The fraction of sp³-hybridized carbons (Fsp3) is 0.826. The van der Waals surface area contributed by atoms with Crippen molar-refractivity contribution in [3.8, 4) is 0 Å². The van der Waals surface area contributed by atoms with Gasteiger partial charge in [-0.25, -0.2) is 14.7 Å². The van der Waals surface area contributed by atoms with Gasteiger partial charge in [-0.3, -0.25) is 14.6 Å². The van der Waals surface area contributed by atoms with Crippen LogP contribution in [0.25, 0.3) is 0 Å². The van der Waals surface area contributed by atoms with Crippen molar-refractivity contribution in [1.29, 1.82) is 0 Å². The molecule has 1 aromatic heterocycles. The van der Waals surface area contributed by atoms with E-state index in [0.717, 1.165) is 32.4 Å². The molecule has 4 unspecified atom stereocenters. The molecule has 200 valence electrons. The summed E-state index contributed by atoms with van der Waals surface area (Å²) in [5.74, 6) is 0.484. The zero-order valence-electron chi connectivity index (χ0n) is 21.1. The molecule has 4 rings (SSSR count). The molecule has 2 saturated heterocycles. The normalized spacial score (nSPS) is 30.5. The lowest BCUT2D eigenvalue weighted by Gasteiger charge is -2.46. The van der Waals surface area contributed by atoms with Crippen LogP contribution in [0.4, 0.5) is 4.79 Å². The van der Waals surface area contributed by atoms with E-state index in [1.165, 1.54) is 12.0 Å². The zero-order valence-corrected chi connectivity index (χ0v) is 21.9. The Kier molecular flexibility index (Phi) is 9.04. The lowest BCUT2D eigenvalue weighted by atomic mass is 9.69. The van der Waals surface area contributed by atoms with Gasteiger partial charge in [0.25, 0.3) is 0 Å². The first-order valence-corrected chi connectivity index (χ1v) is 13.6. The second-order valence-corrected chi connectivity index (χ2v) is 11.0. The van der Waals surface area contributed by atoms with Gasteiger partial charge < -0.3 is 14.2 Å². The van der Waals surface area contributed by atoms with Gasteiger partial charge in [-0.2, -0.15) is 0 Å². The summed E-state index contributed by atoms with van der Waals surface area (Å²) in [6.07, 6.45) is 3.71. The molecular formula is C23H36N6O6S. The monoisotopic (exact) mass is 524 g/mol. The third kappa shape index (κ3) is 6.10. The average Bonchev–Trinajstić information content (AvgIpc) is 3.53. The molecule has 0 aromatic carbocycles. The Balaban J connectivity index is 1.41. The van der Waals surface area contributed by atoms with E-state index in [0.29, 0.717) is 48.9 Å². The number of likely N-dealkylation sites (tertiary alicyclic amines) is 2. The number of fused-ring (bicyclic) bond motifs is 1. The number of methoxy groups -OCH3 is 1. The number of aromatic amines is 1. The second kappa shape index (κ2) is 12.2. The molecule has 3 aliphatic rings. The van der Waals surface area contributed by atoms with E-state index in [1.807, 2.05) is 6.92 Å². The summed E-state index contributed by atoms with van der Waals surface area (Å²) in [7, 11) is 1.34. The van der Waals surface area contributed by atoms with E-state index >= 15 is 0 Å². The summed E-state index contributed by atoms with van der Waals surface area (Å²) >= 11 is 1.55. The highest BCUT2D eigenvalue weighted by Gasteiger charge is 2.46. The maximum Gasteiger partial charge on any atom is 0.410 e. The van der Waals surface area contributed by atoms with Crippen molar-refractivity contribution in [3.63, 3.8) is 0 Å². The average molecular weight is 525 g/mol.